The van der Waals surface area contributed by atoms with Crippen molar-refractivity contribution in [3.63, 3.8) is 0 Å². The summed E-state index contributed by atoms with van der Waals surface area (Å²) in [4.78, 5) is 28.9. The van der Waals surface area contributed by atoms with E-state index in [1.165, 1.54) is 23.3 Å². The highest BCUT2D eigenvalue weighted by Gasteiger charge is 2.14. The largest absolute Gasteiger partial charge is 0.469 e. The zero-order chi connectivity index (χ0) is 13.0. The van der Waals surface area contributed by atoms with Gasteiger partial charge in [-0.15, -0.1) is 11.3 Å². The van der Waals surface area contributed by atoms with Crippen molar-refractivity contribution in [3.8, 4) is 0 Å². The van der Waals surface area contributed by atoms with Gasteiger partial charge < -0.3 is 9.64 Å². The van der Waals surface area contributed by atoms with E-state index < -0.39 is 0 Å². The van der Waals surface area contributed by atoms with Crippen molar-refractivity contribution in [3.05, 3.63) is 10.6 Å². The normalized spacial score (nSPS) is 9.88. The summed E-state index contributed by atoms with van der Waals surface area (Å²) in [6.45, 7) is 1.79. The summed E-state index contributed by atoms with van der Waals surface area (Å²) in [5.41, 5.74) is 0.731. The van der Waals surface area contributed by atoms with Crippen molar-refractivity contribution < 1.29 is 14.3 Å². The second-order valence-corrected chi connectivity index (χ2v) is 4.69. The molecule has 1 N–H and O–H groups in total. The molecule has 1 aromatic rings. The number of amides is 2. The molecule has 0 aliphatic rings. The Labute approximate surface area is 104 Å². The van der Waals surface area contributed by atoms with Crippen LogP contribution in [0.2, 0.25) is 0 Å². The Morgan fingerprint density at radius 3 is 2.65 bits per heavy atom. The molecule has 0 unspecified atom stereocenters. The maximum absolute atomic E-state index is 11.4. The van der Waals surface area contributed by atoms with Gasteiger partial charge in [0.2, 0.25) is 0 Å². The van der Waals surface area contributed by atoms with Crippen LogP contribution in [-0.4, -0.2) is 43.1 Å². The molecule has 0 saturated carbocycles. The quantitative estimate of drug-likeness (QED) is 0.827. The number of nitrogens with one attached hydrogen (secondary N) is 1. The lowest BCUT2D eigenvalue weighted by Crippen LogP contribution is -2.27. The second kappa shape index (κ2) is 5.62. The number of carbonyl (C=O) groups is 2. The fraction of sp³-hybridized carbons (Fsp3) is 0.500. The van der Waals surface area contributed by atoms with Crippen molar-refractivity contribution in [2.45, 2.75) is 13.3 Å². The molecule has 0 radical (unpaired) electrons. The van der Waals surface area contributed by atoms with Crippen LogP contribution in [0.25, 0.3) is 0 Å². The monoisotopic (exact) mass is 257 g/mol. The van der Waals surface area contributed by atoms with Gasteiger partial charge in [0.1, 0.15) is 0 Å². The molecular weight excluding hydrogens is 242 g/mol. The Kier molecular flexibility index (Phi) is 4.45. The number of hydrogen-bond donors (Lipinski definition) is 1. The molecule has 1 rings (SSSR count). The van der Waals surface area contributed by atoms with Crippen LogP contribution in [0.4, 0.5) is 9.93 Å². The molecule has 7 heteroatoms. The third-order valence-corrected chi connectivity index (χ3v) is 3.12. The molecule has 94 valence electrons. The standard InChI is InChI=1S/C10H15N3O3S/c1-6-7(5-8(14)16-4)17-9(11-6)12-10(15)13(2)3/h5H2,1-4H3,(H,11,12,15). The Morgan fingerprint density at radius 2 is 2.12 bits per heavy atom. The first kappa shape index (κ1) is 13.4. The lowest BCUT2D eigenvalue weighted by Gasteiger charge is -2.09. The number of hydrogen-bond acceptors (Lipinski definition) is 5. The topological polar surface area (TPSA) is 71.5 Å². The molecule has 0 fully saturated rings. The van der Waals surface area contributed by atoms with E-state index in [0.717, 1.165) is 10.6 Å². The van der Waals surface area contributed by atoms with Crippen molar-refractivity contribution >= 4 is 28.5 Å². The highest BCUT2D eigenvalue weighted by Crippen LogP contribution is 2.23. The second-order valence-electron chi connectivity index (χ2n) is 3.61. The summed E-state index contributed by atoms with van der Waals surface area (Å²) in [7, 11) is 4.63. The average Bonchev–Trinajstić information content (AvgIpc) is 2.58. The lowest BCUT2D eigenvalue weighted by molar-refractivity contribution is -0.139. The van der Waals surface area contributed by atoms with E-state index in [-0.39, 0.29) is 18.4 Å². The van der Waals surface area contributed by atoms with Crippen molar-refractivity contribution in [2.75, 3.05) is 26.5 Å². The molecule has 6 nitrogen and oxygen atoms in total. The number of ether oxygens (including phenoxy) is 1. The Morgan fingerprint density at radius 1 is 1.47 bits per heavy atom. The number of rotatable bonds is 3. The number of aromatic nitrogens is 1. The molecule has 0 bridgehead atoms. The van der Waals surface area contributed by atoms with Gasteiger partial charge in [-0.25, -0.2) is 9.78 Å². The molecule has 0 aromatic carbocycles. The van der Waals surface area contributed by atoms with Gasteiger partial charge in [0.25, 0.3) is 0 Å². The smallest absolute Gasteiger partial charge is 0.323 e. The summed E-state index contributed by atoms with van der Waals surface area (Å²) < 4.78 is 4.58. The van der Waals surface area contributed by atoms with Gasteiger partial charge in [-0.2, -0.15) is 0 Å². The van der Waals surface area contributed by atoms with Crippen LogP contribution in [0.3, 0.4) is 0 Å². The number of thiazole rings is 1. The number of methoxy groups -OCH3 is 1. The van der Waals surface area contributed by atoms with E-state index in [0.29, 0.717) is 5.13 Å². The van der Waals surface area contributed by atoms with Gasteiger partial charge in [0.15, 0.2) is 5.13 Å². The number of esters is 1. The van der Waals surface area contributed by atoms with E-state index in [4.69, 9.17) is 0 Å². The summed E-state index contributed by atoms with van der Waals surface area (Å²) in [5, 5.41) is 3.12. The number of anilines is 1. The van der Waals surface area contributed by atoms with Crippen LogP contribution in [0.15, 0.2) is 0 Å². The Bertz CT molecular complexity index is 428. The van der Waals surface area contributed by atoms with Crippen LogP contribution < -0.4 is 5.32 Å². The average molecular weight is 257 g/mol. The number of aryl methyl sites for hydroxylation is 1. The van der Waals surface area contributed by atoms with Crippen LogP contribution in [0.1, 0.15) is 10.6 Å². The SMILES string of the molecule is COC(=O)Cc1sc(NC(=O)N(C)C)nc1C. The maximum Gasteiger partial charge on any atom is 0.323 e. The first-order chi connectivity index (χ1) is 7.93. The molecule has 0 aliphatic carbocycles. The minimum Gasteiger partial charge on any atom is -0.469 e. The van der Waals surface area contributed by atoms with E-state index >= 15 is 0 Å². The van der Waals surface area contributed by atoms with E-state index in [9.17, 15) is 9.59 Å². The maximum atomic E-state index is 11.4. The molecule has 0 aliphatic heterocycles. The predicted octanol–water partition coefficient (Wildman–Crippen LogP) is 1.26. The molecule has 0 saturated heterocycles. The third kappa shape index (κ3) is 3.70. The minimum atomic E-state index is -0.317. The first-order valence-electron chi connectivity index (χ1n) is 4.95. The summed E-state index contributed by atoms with van der Waals surface area (Å²) >= 11 is 1.28. The number of carbonyl (C=O) groups excluding carboxylic acids is 2. The fourth-order valence-electron chi connectivity index (χ4n) is 1.05. The van der Waals surface area contributed by atoms with Crippen LogP contribution in [0.5, 0.6) is 0 Å². The van der Waals surface area contributed by atoms with Gasteiger partial charge in [0.05, 0.1) is 19.2 Å². The number of urea groups is 1. The van der Waals surface area contributed by atoms with E-state index in [2.05, 4.69) is 15.0 Å². The summed E-state index contributed by atoms with van der Waals surface area (Å²) in [6.07, 6.45) is 0.178. The van der Waals surface area contributed by atoms with Crippen molar-refractivity contribution in [1.29, 1.82) is 0 Å². The van der Waals surface area contributed by atoms with E-state index in [1.54, 1.807) is 21.0 Å². The van der Waals surface area contributed by atoms with Gasteiger partial charge in [0, 0.05) is 19.0 Å². The van der Waals surface area contributed by atoms with E-state index in [1.807, 2.05) is 0 Å². The summed E-state index contributed by atoms with van der Waals surface area (Å²) in [6, 6.07) is -0.247. The zero-order valence-corrected chi connectivity index (χ0v) is 11.1. The lowest BCUT2D eigenvalue weighted by atomic mass is 10.3. The summed E-state index contributed by atoms with van der Waals surface area (Å²) in [5.74, 6) is -0.317. The molecule has 1 aromatic heterocycles. The molecule has 2 amide bonds. The molecular formula is C10H15N3O3S. The van der Waals surface area contributed by atoms with Crippen molar-refractivity contribution in [2.24, 2.45) is 0 Å². The molecule has 0 atom stereocenters. The Hall–Kier alpha value is -1.63. The van der Waals surface area contributed by atoms with Gasteiger partial charge in [-0.3, -0.25) is 10.1 Å². The van der Waals surface area contributed by atoms with Crippen LogP contribution in [0, 0.1) is 6.92 Å². The van der Waals surface area contributed by atoms with Gasteiger partial charge in [-0.05, 0) is 6.92 Å². The third-order valence-electron chi connectivity index (χ3n) is 2.05. The van der Waals surface area contributed by atoms with Crippen LogP contribution in [-0.2, 0) is 16.0 Å². The molecule has 17 heavy (non-hydrogen) atoms. The van der Waals surface area contributed by atoms with Gasteiger partial charge in [-0.1, -0.05) is 0 Å². The highest BCUT2D eigenvalue weighted by molar-refractivity contribution is 7.16. The Balaban J connectivity index is 2.74. The molecule has 1 heterocycles. The molecule has 0 spiro atoms. The first-order valence-corrected chi connectivity index (χ1v) is 5.77. The van der Waals surface area contributed by atoms with Gasteiger partial charge >= 0.3 is 12.0 Å². The van der Waals surface area contributed by atoms with Crippen molar-refractivity contribution in [1.82, 2.24) is 9.88 Å². The minimum absolute atomic E-state index is 0.178. The number of nitrogens with zero attached hydrogens (tertiary/aromatic N) is 2. The fourth-order valence-corrected chi connectivity index (χ4v) is 1.99. The predicted molar refractivity (Wildman–Crippen MR) is 65.3 cm³/mol. The van der Waals surface area contributed by atoms with Crippen LogP contribution >= 0.6 is 11.3 Å². The highest BCUT2D eigenvalue weighted by atomic mass is 32.1. The zero-order valence-electron chi connectivity index (χ0n) is 10.2.